The van der Waals surface area contributed by atoms with E-state index in [1.807, 2.05) is 0 Å². The van der Waals surface area contributed by atoms with Gasteiger partial charge in [0.1, 0.15) is 12.2 Å². The van der Waals surface area contributed by atoms with E-state index in [0.717, 1.165) is 30.3 Å². The Bertz CT molecular complexity index is 345. The molecule has 1 aliphatic carbocycles. The van der Waals surface area contributed by atoms with E-state index < -0.39 is 0 Å². The molecule has 1 saturated carbocycles. The molecule has 0 aliphatic heterocycles. The lowest BCUT2D eigenvalue weighted by molar-refractivity contribution is 0.412. The largest absolute Gasteiger partial charge is 0.363 e. The van der Waals surface area contributed by atoms with Crippen molar-refractivity contribution < 1.29 is 0 Å². The summed E-state index contributed by atoms with van der Waals surface area (Å²) in [5.74, 6) is 0.933. The van der Waals surface area contributed by atoms with Gasteiger partial charge in [0.25, 0.3) is 0 Å². The Morgan fingerprint density at radius 3 is 2.94 bits per heavy atom. The molecule has 18 heavy (non-hydrogen) atoms. The fraction of sp³-hybridized carbons (Fsp3) is 0.750. The molecule has 1 heterocycles. The first kappa shape index (κ1) is 13.3. The number of aryl methyl sites for hydroxylation is 1. The molecule has 3 N–H and O–H groups in total. The van der Waals surface area contributed by atoms with E-state index in [9.17, 15) is 0 Å². The van der Waals surface area contributed by atoms with Crippen LogP contribution >= 0.6 is 12.2 Å². The third kappa shape index (κ3) is 4.60. The summed E-state index contributed by atoms with van der Waals surface area (Å²) in [5, 5.41) is 14.1. The predicted molar refractivity (Wildman–Crippen MR) is 75.3 cm³/mol. The molecular formula is C12H21N5S. The monoisotopic (exact) mass is 267 g/mol. The van der Waals surface area contributed by atoms with E-state index in [1.54, 1.807) is 0 Å². The van der Waals surface area contributed by atoms with Crippen LogP contribution in [0, 0.1) is 0 Å². The van der Waals surface area contributed by atoms with Gasteiger partial charge in [-0.15, -0.1) is 0 Å². The van der Waals surface area contributed by atoms with Crippen LogP contribution in [0.4, 0.5) is 0 Å². The lowest BCUT2D eigenvalue weighted by Crippen LogP contribution is -2.43. The molecule has 0 unspecified atom stereocenters. The molecule has 0 bridgehead atoms. The van der Waals surface area contributed by atoms with E-state index in [-0.39, 0.29) is 0 Å². The standard InChI is InChI=1S/C12H21N5S/c18-12(16-10-5-2-1-3-6-10)13-8-4-7-11-14-9-15-17-11/h9-10H,1-8H2,(H2,13,16,18)(H,14,15,17). The average Bonchev–Trinajstić information content (AvgIpc) is 2.89. The van der Waals surface area contributed by atoms with Gasteiger partial charge in [0.15, 0.2) is 5.11 Å². The molecule has 6 heteroatoms. The van der Waals surface area contributed by atoms with Crippen molar-refractivity contribution in [3.05, 3.63) is 12.2 Å². The summed E-state index contributed by atoms with van der Waals surface area (Å²) in [6, 6.07) is 0.577. The molecule has 1 fully saturated rings. The van der Waals surface area contributed by atoms with Gasteiger partial charge in [-0.1, -0.05) is 19.3 Å². The van der Waals surface area contributed by atoms with E-state index in [1.165, 1.54) is 38.4 Å². The molecule has 0 radical (unpaired) electrons. The van der Waals surface area contributed by atoms with Gasteiger partial charge in [-0.3, -0.25) is 5.10 Å². The minimum atomic E-state index is 0.577. The minimum absolute atomic E-state index is 0.577. The highest BCUT2D eigenvalue weighted by molar-refractivity contribution is 7.80. The van der Waals surface area contributed by atoms with Gasteiger partial charge in [-0.05, 0) is 31.5 Å². The molecule has 0 saturated heterocycles. The van der Waals surface area contributed by atoms with Gasteiger partial charge in [0.05, 0.1) is 0 Å². The molecule has 0 atom stereocenters. The minimum Gasteiger partial charge on any atom is -0.363 e. The number of thiocarbonyl (C=S) groups is 1. The Kier molecular flexibility index (Phi) is 5.38. The van der Waals surface area contributed by atoms with Crippen LogP contribution in [0.15, 0.2) is 6.33 Å². The normalized spacial score (nSPS) is 16.4. The van der Waals surface area contributed by atoms with Crippen LogP contribution in [0.5, 0.6) is 0 Å². The zero-order chi connectivity index (χ0) is 12.6. The third-order valence-corrected chi connectivity index (χ3v) is 3.54. The smallest absolute Gasteiger partial charge is 0.166 e. The first-order chi connectivity index (χ1) is 8.84. The Balaban J connectivity index is 1.54. The summed E-state index contributed by atoms with van der Waals surface area (Å²) in [7, 11) is 0. The van der Waals surface area contributed by atoms with Crippen LogP contribution in [0.25, 0.3) is 0 Å². The number of aromatic nitrogens is 3. The number of hydrogen-bond acceptors (Lipinski definition) is 3. The van der Waals surface area contributed by atoms with Gasteiger partial charge in [0, 0.05) is 19.0 Å². The SMILES string of the molecule is S=C(NCCCc1ncn[nH]1)NC1CCCCC1. The number of hydrogen-bond donors (Lipinski definition) is 3. The van der Waals surface area contributed by atoms with Crippen LogP contribution in [-0.4, -0.2) is 32.9 Å². The summed E-state index contributed by atoms with van der Waals surface area (Å²) < 4.78 is 0. The van der Waals surface area contributed by atoms with Gasteiger partial charge in [-0.2, -0.15) is 5.10 Å². The Hall–Kier alpha value is -1.17. The van der Waals surface area contributed by atoms with E-state index in [4.69, 9.17) is 12.2 Å². The first-order valence-corrected chi connectivity index (χ1v) is 7.14. The van der Waals surface area contributed by atoms with Crippen LogP contribution in [-0.2, 0) is 6.42 Å². The van der Waals surface area contributed by atoms with Gasteiger partial charge >= 0.3 is 0 Å². The molecule has 1 aromatic rings. The summed E-state index contributed by atoms with van der Waals surface area (Å²) in [4.78, 5) is 4.08. The molecule has 0 amide bonds. The second-order valence-electron chi connectivity index (χ2n) is 4.77. The zero-order valence-corrected chi connectivity index (χ0v) is 11.4. The number of nitrogens with zero attached hydrogens (tertiary/aromatic N) is 2. The second kappa shape index (κ2) is 7.31. The Morgan fingerprint density at radius 2 is 2.22 bits per heavy atom. The van der Waals surface area contributed by atoms with Gasteiger partial charge in [0.2, 0.25) is 0 Å². The third-order valence-electron chi connectivity index (χ3n) is 3.28. The average molecular weight is 267 g/mol. The summed E-state index contributed by atoms with van der Waals surface area (Å²) in [6.45, 7) is 0.874. The highest BCUT2D eigenvalue weighted by Crippen LogP contribution is 2.17. The van der Waals surface area contributed by atoms with Gasteiger partial charge in [-0.25, -0.2) is 4.98 Å². The molecule has 0 spiro atoms. The highest BCUT2D eigenvalue weighted by Gasteiger charge is 2.13. The van der Waals surface area contributed by atoms with Crippen molar-refractivity contribution in [3.8, 4) is 0 Å². The maximum Gasteiger partial charge on any atom is 0.166 e. The maximum absolute atomic E-state index is 5.29. The molecule has 1 aromatic heterocycles. The van der Waals surface area contributed by atoms with Crippen LogP contribution in [0.3, 0.4) is 0 Å². The summed E-state index contributed by atoms with van der Waals surface area (Å²) >= 11 is 5.29. The van der Waals surface area contributed by atoms with Crippen molar-refractivity contribution in [2.45, 2.75) is 51.0 Å². The second-order valence-corrected chi connectivity index (χ2v) is 5.18. The van der Waals surface area contributed by atoms with Crippen molar-refractivity contribution in [2.75, 3.05) is 6.54 Å². The molecular weight excluding hydrogens is 246 g/mol. The Labute approximate surface area is 113 Å². The fourth-order valence-corrected chi connectivity index (χ4v) is 2.56. The molecule has 100 valence electrons. The quantitative estimate of drug-likeness (QED) is 0.558. The molecule has 1 aliphatic rings. The number of aromatic amines is 1. The van der Waals surface area contributed by atoms with Crippen molar-refractivity contribution >= 4 is 17.3 Å². The molecule has 0 aromatic carbocycles. The van der Waals surface area contributed by atoms with Crippen molar-refractivity contribution in [2.24, 2.45) is 0 Å². The fourth-order valence-electron chi connectivity index (χ4n) is 2.29. The highest BCUT2D eigenvalue weighted by atomic mass is 32.1. The molecule has 5 nitrogen and oxygen atoms in total. The van der Waals surface area contributed by atoms with Crippen LogP contribution in [0.2, 0.25) is 0 Å². The van der Waals surface area contributed by atoms with E-state index >= 15 is 0 Å². The van der Waals surface area contributed by atoms with Gasteiger partial charge < -0.3 is 10.6 Å². The maximum atomic E-state index is 5.29. The number of rotatable bonds is 5. The first-order valence-electron chi connectivity index (χ1n) is 6.73. The van der Waals surface area contributed by atoms with Crippen molar-refractivity contribution in [1.82, 2.24) is 25.8 Å². The van der Waals surface area contributed by atoms with E-state index in [0.29, 0.717) is 6.04 Å². The predicted octanol–water partition coefficient (Wildman–Crippen LogP) is 1.53. The summed E-state index contributed by atoms with van der Waals surface area (Å²) in [5.41, 5.74) is 0. The zero-order valence-electron chi connectivity index (χ0n) is 10.6. The number of nitrogens with one attached hydrogen (secondary N) is 3. The van der Waals surface area contributed by atoms with Crippen LogP contribution in [0.1, 0.15) is 44.3 Å². The lowest BCUT2D eigenvalue weighted by Gasteiger charge is -2.24. The Morgan fingerprint density at radius 1 is 1.39 bits per heavy atom. The van der Waals surface area contributed by atoms with Crippen molar-refractivity contribution in [3.63, 3.8) is 0 Å². The molecule has 2 rings (SSSR count). The van der Waals surface area contributed by atoms with Crippen molar-refractivity contribution in [1.29, 1.82) is 0 Å². The topological polar surface area (TPSA) is 65.6 Å². The number of H-pyrrole nitrogens is 1. The van der Waals surface area contributed by atoms with E-state index in [2.05, 4.69) is 25.8 Å². The summed E-state index contributed by atoms with van der Waals surface area (Å²) in [6.07, 6.45) is 9.96. The van der Waals surface area contributed by atoms with Crippen LogP contribution < -0.4 is 10.6 Å². The lowest BCUT2D eigenvalue weighted by atomic mass is 9.96.